The third kappa shape index (κ3) is 9.71. The number of hydrogen-bond acceptors (Lipinski definition) is 0. The molecule has 2 unspecified atom stereocenters. The van der Waals surface area contributed by atoms with Gasteiger partial charge in [0.15, 0.2) is 0 Å². The van der Waals surface area contributed by atoms with Gasteiger partial charge in [0.2, 0.25) is 0 Å². The summed E-state index contributed by atoms with van der Waals surface area (Å²) >= 11 is 22.9. The molecular formula is C10H18Cl4. The van der Waals surface area contributed by atoms with Gasteiger partial charge in [-0.2, -0.15) is 0 Å². The molecular weight excluding hydrogens is 262 g/mol. The largest absolute Gasteiger partial charge is 0.125 e. The van der Waals surface area contributed by atoms with E-state index in [1.807, 2.05) is 0 Å². The molecule has 0 aromatic carbocycles. The highest BCUT2D eigenvalue weighted by molar-refractivity contribution is 6.28. The summed E-state index contributed by atoms with van der Waals surface area (Å²) < 4.78 is 0. The smallest absolute Gasteiger partial charge is 0.0471 e. The molecule has 0 bridgehead atoms. The van der Waals surface area contributed by atoms with E-state index in [9.17, 15) is 0 Å². The van der Waals surface area contributed by atoms with Gasteiger partial charge >= 0.3 is 0 Å². The number of hydrogen-bond donors (Lipinski definition) is 0. The van der Waals surface area contributed by atoms with Crippen molar-refractivity contribution in [3.05, 3.63) is 0 Å². The molecule has 0 amide bonds. The van der Waals surface area contributed by atoms with Crippen molar-refractivity contribution < 1.29 is 0 Å². The zero-order valence-corrected chi connectivity index (χ0v) is 11.3. The van der Waals surface area contributed by atoms with Crippen LogP contribution in [-0.2, 0) is 0 Å². The molecule has 0 N–H and O–H groups in total. The third-order valence-corrected chi connectivity index (χ3v) is 3.93. The summed E-state index contributed by atoms with van der Waals surface area (Å²) in [5, 5.41) is 0.278. The van der Waals surface area contributed by atoms with Crippen LogP contribution in [0.1, 0.15) is 38.5 Å². The minimum absolute atomic E-state index is 0.139. The molecule has 0 spiro atoms. The number of alkyl halides is 4. The summed E-state index contributed by atoms with van der Waals surface area (Å²) in [6.45, 7) is 0. The van der Waals surface area contributed by atoms with Crippen molar-refractivity contribution in [3.63, 3.8) is 0 Å². The van der Waals surface area contributed by atoms with Crippen molar-refractivity contribution in [2.75, 3.05) is 11.8 Å². The average molecular weight is 280 g/mol. The zero-order valence-electron chi connectivity index (χ0n) is 8.32. The van der Waals surface area contributed by atoms with Crippen LogP contribution in [0.25, 0.3) is 0 Å². The molecule has 0 fully saturated rings. The Morgan fingerprint density at radius 2 is 1.00 bits per heavy atom. The van der Waals surface area contributed by atoms with Gasteiger partial charge in [0, 0.05) is 22.5 Å². The molecule has 0 aliphatic rings. The van der Waals surface area contributed by atoms with E-state index in [0.717, 1.165) is 25.7 Å². The maximum absolute atomic E-state index is 5.88. The Morgan fingerprint density at radius 3 is 1.29 bits per heavy atom. The topological polar surface area (TPSA) is 0 Å². The van der Waals surface area contributed by atoms with Gasteiger partial charge in [0.25, 0.3) is 0 Å². The second kappa shape index (κ2) is 10.7. The normalized spacial score (nSPS) is 15.4. The molecule has 0 rings (SSSR count). The van der Waals surface area contributed by atoms with E-state index >= 15 is 0 Å². The fraction of sp³-hybridized carbons (Fsp3) is 1.00. The lowest BCUT2D eigenvalue weighted by molar-refractivity contribution is 0.590. The second-order valence-electron chi connectivity index (χ2n) is 3.49. The highest BCUT2D eigenvalue weighted by Crippen LogP contribution is 2.14. The van der Waals surface area contributed by atoms with Crippen LogP contribution in [0.2, 0.25) is 0 Å². The van der Waals surface area contributed by atoms with Gasteiger partial charge in [-0.1, -0.05) is 25.7 Å². The second-order valence-corrected chi connectivity index (χ2v) is 5.35. The van der Waals surface area contributed by atoms with Crippen LogP contribution in [-0.4, -0.2) is 22.5 Å². The van der Waals surface area contributed by atoms with Crippen molar-refractivity contribution in [1.29, 1.82) is 0 Å². The molecule has 14 heavy (non-hydrogen) atoms. The first-order chi connectivity index (χ1) is 6.70. The van der Waals surface area contributed by atoms with Gasteiger partial charge in [-0.25, -0.2) is 0 Å². The fourth-order valence-corrected chi connectivity index (χ4v) is 1.86. The molecule has 0 aromatic rings. The van der Waals surface area contributed by atoms with Crippen molar-refractivity contribution in [2.45, 2.75) is 49.3 Å². The zero-order chi connectivity index (χ0) is 10.8. The fourth-order valence-electron chi connectivity index (χ4n) is 1.24. The summed E-state index contributed by atoms with van der Waals surface area (Å²) in [5.41, 5.74) is 0. The lowest BCUT2D eigenvalue weighted by Crippen LogP contribution is -2.00. The van der Waals surface area contributed by atoms with E-state index in [1.54, 1.807) is 0 Å². The summed E-state index contributed by atoms with van der Waals surface area (Å²) in [6.07, 6.45) is 6.79. The molecule has 0 aliphatic carbocycles. The van der Waals surface area contributed by atoms with E-state index in [1.165, 1.54) is 12.8 Å². The van der Waals surface area contributed by atoms with Crippen LogP contribution in [0.15, 0.2) is 0 Å². The highest BCUT2D eigenvalue weighted by Gasteiger charge is 2.03. The maximum atomic E-state index is 5.88. The van der Waals surface area contributed by atoms with Crippen LogP contribution >= 0.6 is 46.4 Å². The minimum atomic E-state index is 0.139. The van der Waals surface area contributed by atoms with E-state index in [2.05, 4.69) is 0 Å². The van der Waals surface area contributed by atoms with Crippen LogP contribution < -0.4 is 0 Å². The molecule has 0 heterocycles. The Bertz CT molecular complexity index is 105. The van der Waals surface area contributed by atoms with Gasteiger partial charge in [0.1, 0.15) is 0 Å². The monoisotopic (exact) mass is 278 g/mol. The predicted octanol–water partition coefficient (Wildman–Crippen LogP) is 5.02. The van der Waals surface area contributed by atoms with E-state index < -0.39 is 0 Å². The van der Waals surface area contributed by atoms with Crippen molar-refractivity contribution in [2.24, 2.45) is 0 Å². The van der Waals surface area contributed by atoms with Gasteiger partial charge in [-0.05, 0) is 12.8 Å². The van der Waals surface area contributed by atoms with Crippen LogP contribution in [0.5, 0.6) is 0 Å². The first-order valence-electron chi connectivity index (χ1n) is 5.10. The van der Waals surface area contributed by atoms with Gasteiger partial charge < -0.3 is 0 Å². The Balaban J connectivity index is 3.06. The quantitative estimate of drug-likeness (QED) is 0.411. The molecule has 0 aliphatic heterocycles. The highest BCUT2D eigenvalue weighted by atomic mass is 35.5. The molecule has 0 nitrogen and oxygen atoms in total. The SMILES string of the molecule is ClCC(Cl)CCCCCCC(Cl)CCl. The summed E-state index contributed by atoms with van der Waals surface area (Å²) in [6, 6.07) is 0. The van der Waals surface area contributed by atoms with E-state index in [0.29, 0.717) is 11.8 Å². The Hall–Kier alpha value is 1.16. The standard InChI is InChI=1S/C10H18Cl4/c11-7-9(13)5-3-1-2-4-6-10(14)8-12/h9-10H,1-8H2. The lowest BCUT2D eigenvalue weighted by atomic mass is 10.1. The lowest BCUT2D eigenvalue weighted by Gasteiger charge is -2.06. The summed E-state index contributed by atoms with van der Waals surface area (Å²) in [5.74, 6) is 1.11. The van der Waals surface area contributed by atoms with E-state index in [-0.39, 0.29) is 10.8 Å². The van der Waals surface area contributed by atoms with Crippen molar-refractivity contribution in [1.82, 2.24) is 0 Å². The molecule has 2 atom stereocenters. The number of halogens is 4. The summed E-state index contributed by atoms with van der Waals surface area (Å²) in [7, 11) is 0. The minimum Gasteiger partial charge on any atom is -0.125 e. The molecule has 0 aromatic heterocycles. The Morgan fingerprint density at radius 1 is 0.643 bits per heavy atom. The maximum Gasteiger partial charge on any atom is 0.0471 e. The van der Waals surface area contributed by atoms with Crippen molar-refractivity contribution >= 4 is 46.4 Å². The number of unbranched alkanes of at least 4 members (excludes halogenated alkanes) is 3. The molecule has 86 valence electrons. The van der Waals surface area contributed by atoms with E-state index in [4.69, 9.17) is 46.4 Å². The molecule has 0 saturated carbocycles. The van der Waals surface area contributed by atoms with Crippen LogP contribution in [0.3, 0.4) is 0 Å². The molecule has 4 heteroatoms. The van der Waals surface area contributed by atoms with Crippen LogP contribution in [0.4, 0.5) is 0 Å². The molecule has 0 radical (unpaired) electrons. The Kier molecular flexibility index (Phi) is 11.6. The third-order valence-electron chi connectivity index (χ3n) is 2.12. The predicted molar refractivity (Wildman–Crippen MR) is 68.4 cm³/mol. The number of rotatable bonds is 9. The average Bonchev–Trinajstić information content (AvgIpc) is 2.22. The van der Waals surface area contributed by atoms with Crippen molar-refractivity contribution in [3.8, 4) is 0 Å². The van der Waals surface area contributed by atoms with Gasteiger partial charge in [0.05, 0.1) is 0 Å². The molecule has 0 saturated heterocycles. The van der Waals surface area contributed by atoms with Crippen LogP contribution in [0, 0.1) is 0 Å². The van der Waals surface area contributed by atoms with Gasteiger partial charge in [-0.15, -0.1) is 46.4 Å². The first kappa shape index (κ1) is 15.2. The van der Waals surface area contributed by atoms with Gasteiger partial charge in [-0.3, -0.25) is 0 Å². The summed E-state index contributed by atoms with van der Waals surface area (Å²) in [4.78, 5) is 0. The Labute approximate surface area is 107 Å². The first-order valence-corrected chi connectivity index (χ1v) is 7.05.